The van der Waals surface area contributed by atoms with E-state index in [1.54, 1.807) is 36.4 Å². The Hall–Kier alpha value is -1.92. The van der Waals surface area contributed by atoms with Crippen LogP contribution in [-0.4, -0.2) is 10.2 Å². The molecule has 0 unspecified atom stereocenters. The monoisotopic (exact) mass is 305 g/mol. The van der Waals surface area contributed by atoms with E-state index in [1.807, 2.05) is 0 Å². The number of hydrogen-bond donors (Lipinski definition) is 1. The molecule has 1 aliphatic rings. The largest absolute Gasteiger partial charge is 0.457 e. The van der Waals surface area contributed by atoms with E-state index in [2.05, 4.69) is 5.32 Å². The molecule has 1 aromatic heterocycles. The predicted molar refractivity (Wildman–Crippen MR) is 80.4 cm³/mol. The minimum absolute atomic E-state index is 0.246. The zero-order chi connectivity index (χ0) is 14.1. The fraction of sp³-hybridized carbons (Fsp3) is 0. The fourth-order valence-electron chi connectivity index (χ4n) is 1.79. The smallest absolute Gasteiger partial charge is 0.263 e. The SMILES string of the molecule is O=C1NC(=S)SC1=Cc1ccc(-c2ccccc2F)o1. The molecule has 2 heterocycles. The first-order valence-corrected chi connectivity index (χ1v) is 6.95. The number of halogens is 1. The maximum Gasteiger partial charge on any atom is 0.263 e. The lowest BCUT2D eigenvalue weighted by atomic mass is 10.1. The van der Waals surface area contributed by atoms with E-state index in [0.717, 1.165) is 0 Å². The van der Waals surface area contributed by atoms with Crippen LogP contribution in [0, 0.1) is 5.82 Å². The zero-order valence-electron chi connectivity index (χ0n) is 10.1. The third-order valence-corrected chi connectivity index (χ3v) is 3.84. The highest BCUT2D eigenvalue weighted by atomic mass is 32.2. The number of furan rings is 1. The summed E-state index contributed by atoms with van der Waals surface area (Å²) in [5.74, 6) is 0.297. The van der Waals surface area contributed by atoms with Crippen LogP contribution in [-0.2, 0) is 4.79 Å². The topological polar surface area (TPSA) is 42.2 Å². The van der Waals surface area contributed by atoms with Crippen molar-refractivity contribution < 1.29 is 13.6 Å². The zero-order valence-corrected chi connectivity index (χ0v) is 11.7. The molecule has 1 fully saturated rings. The van der Waals surface area contributed by atoms with Crippen LogP contribution < -0.4 is 5.32 Å². The maximum absolute atomic E-state index is 13.6. The Labute approximate surface area is 123 Å². The van der Waals surface area contributed by atoms with Crippen LogP contribution in [0.25, 0.3) is 17.4 Å². The number of thiocarbonyl (C=S) groups is 1. The second-order valence-electron chi connectivity index (χ2n) is 4.03. The van der Waals surface area contributed by atoms with E-state index in [0.29, 0.717) is 26.3 Å². The molecule has 2 aromatic rings. The molecule has 3 nitrogen and oxygen atoms in total. The Kier molecular flexibility index (Phi) is 3.42. The van der Waals surface area contributed by atoms with Gasteiger partial charge in [0.15, 0.2) is 0 Å². The van der Waals surface area contributed by atoms with Gasteiger partial charge >= 0.3 is 0 Å². The molecule has 0 bridgehead atoms. The lowest BCUT2D eigenvalue weighted by Crippen LogP contribution is -2.17. The van der Waals surface area contributed by atoms with Gasteiger partial charge in [-0.2, -0.15) is 0 Å². The molecule has 1 saturated heterocycles. The lowest BCUT2D eigenvalue weighted by Gasteiger charge is -1.97. The molecule has 1 N–H and O–H groups in total. The molecule has 1 aliphatic heterocycles. The Bertz CT molecular complexity index is 736. The summed E-state index contributed by atoms with van der Waals surface area (Å²) in [7, 11) is 0. The number of amides is 1. The minimum atomic E-state index is -0.352. The lowest BCUT2D eigenvalue weighted by molar-refractivity contribution is -0.115. The number of hydrogen-bond acceptors (Lipinski definition) is 4. The average molecular weight is 305 g/mol. The number of carbonyl (C=O) groups excluding carboxylic acids is 1. The number of thioether (sulfide) groups is 1. The van der Waals surface area contributed by atoms with Gasteiger partial charge in [0.25, 0.3) is 5.91 Å². The first kappa shape index (κ1) is 13.1. The van der Waals surface area contributed by atoms with Crippen molar-refractivity contribution in [3.05, 3.63) is 52.9 Å². The van der Waals surface area contributed by atoms with Crippen LogP contribution >= 0.6 is 24.0 Å². The molecule has 0 saturated carbocycles. The fourth-order valence-corrected chi connectivity index (χ4v) is 2.81. The third-order valence-electron chi connectivity index (χ3n) is 2.68. The molecule has 1 aromatic carbocycles. The first-order valence-electron chi connectivity index (χ1n) is 5.73. The van der Waals surface area contributed by atoms with Gasteiger partial charge in [0.1, 0.15) is 21.7 Å². The van der Waals surface area contributed by atoms with Crippen LogP contribution in [0.1, 0.15) is 5.76 Å². The predicted octanol–water partition coefficient (Wildman–Crippen LogP) is 3.57. The quantitative estimate of drug-likeness (QED) is 0.680. The summed E-state index contributed by atoms with van der Waals surface area (Å²) in [5, 5.41) is 2.52. The number of rotatable bonds is 2. The van der Waals surface area contributed by atoms with E-state index >= 15 is 0 Å². The van der Waals surface area contributed by atoms with Gasteiger partial charge in [-0.15, -0.1) is 0 Å². The summed E-state index contributed by atoms with van der Waals surface area (Å²) < 4.78 is 19.6. The Morgan fingerprint density at radius 3 is 2.75 bits per heavy atom. The van der Waals surface area contributed by atoms with Gasteiger partial charge in [0, 0.05) is 6.08 Å². The molecule has 0 spiro atoms. The maximum atomic E-state index is 13.6. The molecular weight excluding hydrogens is 297 g/mol. The van der Waals surface area contributed by atoms with Gasteiger partial charge in [-0.05, 0) is 24.3 Å². The second-order valence-corrected chi connectivity index (χ2v) is 5.75. The van der Waals surface area contributed by atoms with Gasteiger partial charge in [0.2, 0.25) is 0 Å². The summed E-state index contributed by atoms with van der Waals surface area (Å²) in [5.41, 5.74) is 0.385. The van der Waals surface area contributed by atoms with E-state index < -0.39 is 0 Å². The standard InChI is InChI=1S/C14H8FNO2S2/c15-10-4-2-1-3-9(10)11-6-5-8(18-11)7-12-13(17)16-14(19)20-12/h1-7H,(H,16,17,19). The number of benzene rings is 1. The van der Waals surface area contributed by atoms with Crippen molar-refractivity contribution in [2.24, 2.45) is 0 Å². The number of carbonyl (C=O) groups is 1. The van der Waals surface area contributed by atoms with Gasteiger partial charge in [-0.3, -0.25) is 4.79 Å². The summed E-state index contributed by atoms with van der Waals surface area (Å²) >= 11 is 6.07. The molecular formula is C14H8FNO2S2. The molecule has 0 radical (unpaired) electrons. The van der Waals surface area contributed by atoms with Crippen LogP contribution in [0.15, 0.2) is 45.7 Å². The van der Waals surface area contributed by atoms with Crippen molar-refractivity contribution in [1.29, 1.82) is 0 Å². The molecule has 0 atom stereocenters. The van der Waals surface area contributed by atoms with Crippen molar-refractivity contribution in [1.82, 2.24) is 5.32 Å². The average Bonchev–Trinajstić information content (AvgIpc) is 2.98. The van der Waals surface area contributed by atoms with Crippen LogP contribution in [0.2, 0.25) is 0 Å². The summed E-state index contributed by atoms with van der Waals surface area (Å²) in [6, 6.07) is 9.71. The summed E-state index contributed by atoms with van der Waals surface area (Å²) in [6.45, 7) is 0. The molecule has 6 heteroatoms. The van der Waals surface area contributed by atoms with Crippen LogP contribution in [0.3, 0.4) is 0 Å². The third kappa shape index (κ3) is 2.52. The number of nitrogens with one attached hydrogen (secondary N) is 1. The van der Waals surface area contributed by atoms with Crippen LogP contribution in [0.4, 0.5) is 4.39 Å². The molecule has 1 amide bonds. The highest BCUT2D eigenvalue weighted by molar-refractivity contribution is 8.26. The van der Waals surface area contributed by atoms with Crippen molar-refractivity contribution in [2.45, 2.75) is 0 Å². The Morgan fingerprint density at radius 2 is 2.05 bits per heavy atom. The molecule has 100 valence electrons. The van der Waals surface area contributed by atoms with E-state index in [4.69, 9.17) is 16.6 Å². The Balaban J connectivity index is 1.92. The van der Waals surface area contributed by atoms with Gasteiger partial charge in [-0.25, -0.2) is 4.39 Å². The van der Waals surface area contributed by atoms with Crippen molar-refractivity contribution >= 4 is 40.3 Å². The molecule has 3 rings (SSSR count). The summed E-state index contributed by atoms with van der Waals surface area (Å²) in [4.78, 5) is 12.0. The van der Waals surface area contributed by atoms with E-state index in [1.165, 1.54) is 17.8 Å². The highest BCUT2D eigenvalue weighted by Gasteiger charge is 2.22. The van der Waals surface area contributed by atoms with Crippen LogP contribution in [0.5, 0.6) is 0 Å². The van der Waals surface area contributed by atoms with Crippen molar-refractivity contribution in [3.8, 4) is 11.3 Å². The normalized spacial score (nSPS) is 16.8. The summed E-state index contributed by atoms with van der Waals surface area (Å²) in [6.07, 6.45) is 1.59. The van der Waals surface area contributed by atoms with Crippen molar-refractivity contribution in [2.75, 3.05) is 0 Å². The van der Waals surface area contributed by atoms with E-state index in [9.17, 15) is 9.18 Å². The van der Waals surface area contributed by atoms with E-state index in [-0.39, 0.29) is 11.7 Å². The highest BCUT2D eigenvalue weighted by Crippen LogP contribution is 2.29. The molecule has 20 heavy (non-hydrogen) atoms. The first-order chi connectivity index (χ1) is 9.63. The van der Waals surface area contributed by atoms with Crippen molar-refractivity contribution in [3.63, 3.8) is 0 Å². The van der Waals surface area contributed by atoms with Gasteiger partial charge < -0.3 is 9.73 Å². The Morgan fingerprint density at radius 1 is 1.25 bits per heavy atom. The second kappa shape index (κ2) is 5.22. The molecule has 0 aliphatic carbocycles. The minimum Gasteiger partial charge on any atom is -0.457 e. The van der Waals surface area contributed by atoms with Gasteiger partial charge in [-0.1, -0.05) is 36.1 Å². The van der Waals surface area contributed by atoms with Gasteiger partial charge in [0.05, 0.1) is 10.5 Å².